The normalized spacial score (nSPS) is 14.9. The number of alkyl carbamates (subject to hydrolysis) is 1. The third-order valence-electron chi connectivity index (χ3n) is 7.41. The number of ether oxygens (including phenoxy) is 1. The summed E-state index contributed by atoms with van der Waals surface area (Å²) in [5.74, 6) is -0.391. The molecule has 2 amide bonds. The topological polar surface area (TPSA) is 67.4 Å². The van der Waals surface area contributed by atoms with Gasteiger partial charge in [0.2, 0.25) is 5.91 Å². The molecule has 1 aliphatic rings. The summed E-state index contributed by atoms with van der Waals surface area (Å²) in [7, 11) is -0.280. The minimum absolute atomic E-state index is 0.133. The lowest BCUT2D eigenvalue weighted by Gasteiger charge is -2.26. The van der Waals surface area contributed by atoms with E-state index < -0.39 is 17.7 Å². The van der Waals surface area contributed by atoms with Gasteiger partial charge in [-0.2, -0.15) is 0 Å². The Morgan fingerprint density at radius 3 is 1.98 bits per heavy atom. The van der Waals surface area contributed by atoms with E-state index in [9.17, 15) is 9.59 Å². The Morgan fingerprint density at radius 1 is 0.800 bits per heavy atom. The van der Waals surface area contributed by atoms with Gasteiger partial charge in [0.1, 0.15) is 11.6 Å². The second-order valence-electron chi connectivity index (χ2n) is 11.9. The van der Waals surface area contributed by atoms with Crippen LogP contribution in [0, 0.1) is 5.92 Å². The number of hydrogen-bond acceptors (Lipinski definition) is 3. The zero-order valence-electron chi connectivity index (χ0n) is 24.1. The van der Waals surface area contributed by atoms with Gasteiger partial charge in [0.15, 0.2) is 0 Å². The first-order valence-electron chi connectivity index (χ1n) is 14.2. The van der Waals surface area contributed by atoms with Crippen LogP contribution in [-0.4, -0.2) is 36.0 Å². The first-order chi connectivity index (χ1) is 19.1. The van der Waals surface area contributed by atoms with E-state index in [-0.39, 0.29) is 19.7 Å². The lowest BCUT2D eigenvalue weighted by molar-refractivity contribution is -0.119. The number of carbonyl (C=O) groups is 2. The molecule has 0 spiro atoms. The van der Waals surface area contributed by atoms with Gasteiger partial charge < -0.3 is 15.4 Å². The standard InChI is InChI=1S/C34H39N2O3P/c1-22(2)31(36-33(38)39-34(3,4)5)32(37)35-27-18-16-23-12-6-8-14-25(23)29(27)30-26-15-9-7-13-24(26)17-19-28(30)40-20-10-11-21-40/h6-9,12-19,22,31H,10-11,20-21H2,1-5H3,(H,35,37)(H,36,38)/t31-/m0/s1. The minimum atomic E-state index is -0.750. The van der Waals surface area contributed by atoms with Gasteiger partial charge in [-0.05, 0) is 90.3 Å². The predicted octanol–water partition coefficient (Wildman–Crippen LogP) is 8.05. The van der Waals surface area contributed by atoms with Gasteiger partial charge >= 0.3 is 6.09 Å². The van der Waals surface area contributed by atoms with Gasteiger partial charge in [-0.3, -0.25) is 4.79 Å². The van der Waals surface area contributed by atoms with E-state index in [0.717, 1.165) is 22.0 Å². The van der Waals surface area contributed by atoms with Gasteiger partial charge in [0, 0.05) is 11.3 Å². The zero-order chi connectivity index (χ0) is 28.4. The minimum Gasteiger partial charge on any atom is -0.444 e. The molecule has 208 valence electrons. The molecule has 0 saturated carbocycles. The molecule has 1 saturated heterocycles. The first kappa shape index (κ1) is 28.1. The average Bonchev–Trinajstić information content (AvgIpc) is 3.45. The zero-order valence-corrected chi connectivity index (χ0v) is 25.0. The number of benzene rings is 4. The summed E-state index contributed by atoms with van der Waals surface area (Å²) in [6.07, 6.45) is 4.41. The number of fused-ring (bicyclic) bond motifs is 2. The molecule has 5 nitrogen and oxygen atoms in total. The lowest BCUT2D eigenvalue weighted by atomic mass is 9.92. The molecule has 1 aliphatic heterocycles. The summed E-state index contributed by atoms with van der Waals surface area (Å²) in [4.78, 5) is 26.4. The Kier molecular flexibility index (Phi) is 8.14. The van der Waals surface area contributed by atoms with Crippen molar-refractivity contribution in [2.75, 3.05) is 17.6 Å². The van der Waals surface area contributed by atoms with Crippen LogP contribution >= 0.6 is 7.92 Å². The summed E-state index contributed by atoms with van der Waals surface area (Å²) in [5, 5.41) is 12.1. The number of carbonyl (C=O) groups excluding carboxylic acids is 2. The molecular formula is C34H39N2O3P. The van der Waals surface area contributed by atoms with E-state index in [1.165, 1.54) is 46.8 Å². The average molecular weight is 555 g/mol. The van der Waals surface area contributed by atoms with E-state index in [1.807, 2.05) is 40.7 Å². The molecule has 6 heteroatoms. The van der Waals surface area contributed by atoms with Crippen LogP contribution in [0.1, 0.15) is 47.5 Å². The van der Waals surface area contributed by atoms with Crippen LogP contribution < -0.4 is 15.9 Å². The summed E-state index contributed by atoms with van der Waals surface area (Å²) in [6, 6.07) is 24.8. The van der Waals surface area contributed by atoms with E-state index >= 15 is 0 Å². The van der Waals surface area contributed by atoms with Crippen molar-refractivity contribution in [1.82, 2.24) is 5.32 Å². The maximum atomic E-state index is 13.8. The van der Waals surface area contributed by atoms with E-state index in [1.54, 1.807) is 0 Å². The molecular weight excluding hydrogens is 515 g/mol. The van der Waals surface area contributed by atoms with Crippen LogP contribution in [-0.2, 0) is 9.53 Å². The summed E-state index contributed by atoms with van der Waals surface area (Å²) in [6.45, 7) is 9.28. The van der Waals surface area contributed by atoms with Crippen molar-refractivity contribution in [3.63, 3.8) is 0 Å². The van der Waals surface area contributed by atoms with Gasteiger partial charge in [-0.15, -0.1) is 0 Å². The fourth-order valence-electron chi connectivity index (χ4n) is 5.57. The highest BCUT2D eigenvalue weighted by atomic mass is 31.1. The first-order valence-corrected chi connectivity index (χ1v) is 15.9. The van der Waals surface area contributed by atoms with Crippen molar-refractivity contribution in [2.45, 2.75) is 59.1 Å². The summed E-state index contributed by atoms with van der Waals surface area (Å²) >= 11 is 0. The van der Waals surface area contributed by atoms with Crippen molar-refractivity contribution in [2.24, 2.45) is 5.92 Å². The maximum Gasteiger partial charge on any atom is 0.408 e. The molecule has 1 fully saturated rings. The van der Waals surface area contributed by atoms with Crippen molar-refractivity contribution < 1.29 is 14.3 Å². The fraction of sp³-hybridized carbons (Fsp3) is 0.353. The Labute approximate surface area is 238 Å². The van der Waals surface area contributed by atoms with Crippen LogP contribution in [0.4, 0.5) is 10.5 Å². The van der Waals surface area contributed by atoms with Crippen LogP contribution in [0.2, 0.25) is 0 Å². The molecule has 40 heavy (non-hydrogen) atoms. The van der Waals surface area contributed by atoms with Gasteiger partial charge in [-0.1, -0.05) is 88.5 Å². The van der Waals surface area contributed by atoms with E-state index in [4.69, 9.17) is 4.74 Å². The van der Waals surface area contributed by atoms with E-state index in [0.29, 0.717) is 0 Å². The molecule has 1 atom stereocenters. The second-order valence-corrected chi connectivity index (χ2v) is 14.4. The SMILES string of the molecule is CC(C)[C@H](NC(=O)OC(C)(C)C)C(=O)Nc1ccc2ccccc2c1-c1c(P2CCCC2)ccc2ccccc12. The highest BCUT2D eigenvalue weighted by Crippen LogP contribution is 2.48. The Morgan fingerprint density at radius 2 is 1.38 bits per heavy atom. The fourth-order valence-corrected chi connectivity index (χ4v) is 8.32. The van der Waals surface area contributed by atoms with Crippen molar-refractivity contribution in [3.05, 3.63) is 72.8 Å². The number of nitrogens with one attached hydrogen (secondary N) is 2. The Hall–Kier alpha value is -3.43. The molecule has 0 bridgehead atoms. The Bertz CT molecular complexity index is 1550. The number of amides is 2. The van der Waals surface area contributed by atoms with Crippen LogP contribution in [0.3, 0.4) is 0 Å². The van der Waals surface area contributed by atoms with Crippen LogP contribution in [0.5, 0.6) is 0 Å². The third-order valence-corrected chi connectivity index (χ3v) is 10.2. The van der Waals surface area contributed by atoms with Crippen molar-refractivity contribution >= 4 is 52.5 Å². The molecule has 0 aliphatic carbocycles. The lowest BCUT2D eigenvalue weighted by Crippen LogP contribution is -2.48. The van der Waals surface area contributed by atoms with Gasteiger partial charge in [0.25, 0.3) is 0 Å². The largest absolute Gasteiger partial charge is 0.444 e. The monoisotopic (exact) mass is 554 g/mol. The molecule has 1 heterocycles. The number of anilines is 1. The smallest absolute Gasteiger partial charge is 0.408 e. The maximum absolute atomic E-state index is 13.8. The molecule has 4 aromatic carbocycles. The highest BCUT2D eigenvalue weighted by molar-refractivity contribution is 7.66. The predicted molar refractivity (Wildman–Crippen MR) is 169 cm³/mol. The summed E-state index contributed by atoms with van der Waals surface area (Å²) < 4.78 is 5.46. The van der Waals surface area contributed by atoms with Gasteiger partial charge in [-0.25, -0.2) is 4.79 Å². The molecule has 0 aromatic heterocycles. The number of hydrogen-bond donors (Lipinski definition) is 2. The van der Waals surface area contributed by atoms with Crippen LogP contribution in [0.25, 0.3) is 32.7 Å². The molecule has 2 N–H and O–H groups in total. The highest BCUT2D eigenvalue weighted by Gasteiger charge is 2.29. The molecule has 4 aromatic rings. The van der Waals surface area contributed by atoms with Gasteiger partial charge in [0.05, 0.1) is 0 Å². The third kappa shape index (κ3) is 6.00. The molecule has 5 rings (SSSR count). The van der Waals surface area contributed by atoms with Crippen LogP contribution in [0.15, 0.2) is 72.8 Å². The Balaban J connectivity index is 1.65. The van der Waals surface area contributed by atoms with Crippen molar-refractivity contribution in [3.8, 4) is 11.1 Å². The molecule has 0 unspecified atom stereocenters. The number of rotatable bonds is 6. The van der Waals surface area contributed by atoms with E-state index in [2.05, 4.69) is 77.4 Å². The second kappa shape index (κ2) is 11.6. The van der Waals surface area contributed by atoms with Crippen molar-refractivity contribution in [1.29, 1.82) is 0 Å². The quantitative estimate of drug-likeness (QED) is 0.237. The molecule has 0 radical (unpaired) electrons. The summed E-state index contributed by atoms with van der Waals surface area (Å²) in [5.41, 5.74) is 2.37.